The lowest BCUT2D eigenvalue weighted by molar-refractivity contribution is -0.111. The average Bonchev–Trinajstić information content (AvgIpc) is 3.01. The predicted octanol–water partition coefficient (Wildman–Crippen LogP) is 6.19. The van der Waals surface area contributed by atoms with Crippen molar-refractivity contribution in [2.75, 3.05) is 43.2 Å². The van der Waals surface area contributed by atoms with E-state index in [1.165, 1.54) is 18.7 Å². The van der Waals surface area contributed by atoms with Crippen molar-refractivity contribution < 1.29 is 12.4 Å². The fraction of sp³-hybridized carbons (Fsp3) is 0.303. The van der Waals surface area contributed by atoms with Crippen LogP contribution in [0.4, 0.5) is 27.9 Å². The van der Waals surface area contributed by atoms with E-state index in [0.29, 0.717) is 36.0 Å². The zero-order valence-corrected chi connectivity index (χ0v) is 26.4. The number of amides is 3. The molecule has 11 nitrogen and oxygen atoms in total. The third-order valence-corrected chi connectivity index (χ3v) is 6.40. The summed E-state index contributed by atoms with van der Waals surface area (Å²) in [5.41, 5.74) is 9.08. The van der Waals surface area contributed by atoms with Gasteiger partial charge in [0, 0.05) is 52.4 Å². The Kier molecular flexibility index (Phi) is 12.6. The Hall–Kier alpha value is -5.03. The molecule has 3 amide bonds. The first-order valence-electron chi connectivity index (χ1n) is 14.6. The summed E-state index contributed by atoms with van der Waals surface area (Å²) in [5, 5.41) is 5.91. The first-order valence-corrected chi connectivity index (χ1v) is 14.6. The first kappa shape index (κ1) is 33.5. The lowest BCUT2D eigenvalue weighted by Crippen LogP contribution is -2.46. The van der Waals surface area contributed by atoms with Crippen molar-refractivity contribution >= 4 is 41.3 Å². The van der Waals surface area contributed by atoms with Gasteiger partial charge in [-0.25, -0.2) is 14.7 Å². The molecule has 1 aliphatic heterocycles. The smallest absolute Gasteiger partial charge is 0.331 e. The summed E-state index contributed by atoms with van der Waals surface area (Å²) in [7, 11) is 5.48. The number of carbonyl (C=O) groups is 2. The van der Waals surface area contributed by atoms with E-state index in [2.05, 4.69) is 34.5 Å². The van der Waals surface area contributed by atoms with E-state index in [4.69, 9.17) is 10.7 Å². The summed E-state index contributed by atoms with van der Waals surface area (Å²) >= 11 is 0. The van der Waals surface area contributed by atoms with Crippen molar-refractivity contribution in [3.63, 3.8) is 0 Å². The number of fused-ring (bicyclic) bond motifs is 1. The summed E-state index contributed by atoms with van der Waals surface area (Å²) in [5.74, 6) is 0.433. The minimum absolute atomic E-state index is 0. The largest absolute Gasteiger partial charge is 0.403 e. The molecule has 4 N–H and O–H groups in total. The molecule has 4 rings (SSSR count). The Morgan fingerprint density at radius 1 is 1.16 bits per heavy atom. The van der Waals surface area contributed by atoms with Crippen molar-refractivity contribution in [1.29, 1.82) is 0 Å². The minimum atomic E-state index is -0.263. The molecule has 44 heavy (non-hydrogen) atoms. The number of nitrogens with one attached hydrogen (secondary N) is 2. The molecule has 2 heterocycles. The van der Waals surface area contributed by atoms with Crippen molar-refractivity contribution in [1.82, 2.24) is 19.8 Å². The SMILES string of the molecule is CCC.CN=C/C(=C\N)Nc1ncc2c(n1)N(c1cccc(NC(=O)/C=C/CN(C)C)c1)C(=O)N([C@@H](C)c1ccccc1)C2.[HH].[HH]. The Morgan fingerprint density at radius 3 is 2.55 bits per heavy atom. The summed E-state index contributed by atoms with van der Waals surface area (Å²) < 4.78 is 0. The number of aliphatic imine (C=N–C) groups is 1. The molecule has 1 aromatic heterocycles. The van der Waals surface area contributed by atoms with E-state index in [9.17, 15) is 9.59 Å². The zero-order chi connectivity index (χ0) is 32.1. The van der Waals surface area contributed by atoms with E-state index in [1.807, 2.05) is 56.3 Å². The van der Waals surface area contributed by atoms with Gasteiger partial charge in [0.25, 0.3) is 0 Å². The molecule has 11 heteroatoms. The fourth-order valence-electron chi connectivity index (χ4n) is 4.34. The normalized spacial score (nSPS) is 14.0. The van der Waals surface area contributed by atoms with Crippen molar-refractivity contribution in [3.8, 4) is 0 Å². The van der Waals surface area contributed by atoms with E-state index >= 15 is 0 Å². The van der Waals surface area contributed by atoms with E-state index in [0.717, 1.165) is 11.1 Å². The molecule has 3 aromatic rings. The van der Waals surface area contributed by atoms with Gasteiger partial charge in [0.2, 0.25) is 11.9 Å². The van der Waals surface area contributed by atoms with Crippen LogP contribution in [-0.2, 0) is 11.3 Å². The number of likely N-dealkylation sites (N-methyl/N-ethyl adjacent to an activating group) is 1. The number of aromatic nitrogens is 2. The number of nitrogens with two attached hydrogens (primary N) is 1. The Bertz CT molecular complexity index is 1500. The molecule has 1 aliphatic rings. The monoisotopic (exact) mass is 601 g/mol. The molecule has 0 spiro atoms. The van der Waals surface area contributed by atoms with Crippen LogP contribution in [-0.4, -0.2) is 65.6 Å². The van der Waals surface area contributed by atoms with Gasteiger partial charge in [-0.15, -0.1) is 0 Å². The van der Waals surface area contributed by atoms with Gasteiger partial charge < -0.3 is 26.2 Å². The number of allylic oxidation sites excluding steroid dienone is 1. The maximum absolute atomic E-state index is 14.1. The molecule has 0 aliphatic carbocycles. The Balaban J connectivity index is 0.00000203. The van der Waals surface area contributed by atoms with Gasteiger partial charge in [0.05, 0.1) is 24.0 Å². The lowest BCUT2D eigenvalue weighted by atomic mass is 10.0. The fourth-order valence-corrected chi connectivity index (χ4v) is 4.34. The highest BCUT2D eigenvalue weighted by atomic mass is 16.2. The number of benzene rings is 2. The summed E-state index contributed by atoms with van der Waals surface area (Å²) in [4.78, 5) is 45.1. The molecule has 0 bridgehead atoms. The van der Waals surface area contributed by atoms with Crippen LogP contribution >= 0.6 is 0 Å². The molecule has 0 radical (unpaired) electrons. The van der Waals surface area contributed by atoms with Crippen LogP contribution in [0.5, 0.6) is 0 Å². The molecule has 0 saturated heterocycles. The lowest BCUT2D eigenvalue weighted by Gasteiger charge is -2.39. The number of hydrogen-bond donors (Lipinski definition) is 3. The van der Waals surface area contributed by atoms with Gasteiger partial charge in [-0.1, -0.05) is 62.7 Å². The number of nitrogens with zero attached hydrogens (tertiary/aromatic N) is 6. The minimum Gasteiger partial charge on any atom is -0.403 e. The first-order chi connectivity index (χ1) is 21.2. The van der Waals surface area contributed by atoms with Gasteiger partial charge in [-0.05, 0) is 44.8 Å². The highest BCUT2D eigenvalue weighted by molar-refractivity contribution is 6.03. The van der Waals surface area contributed by atoms with Crippen LogP contribution in [0.1, 0.15) is 47.2 Å². The van der Waals surface area contributed by atoms with Gasteiger partial charge >= 0.3 is 6.03 Å². The quantitative estimate of drug-likeness (QED) is 0.186. The molecule has 1 atom stereocenters. The highest BCUT2D eigenvalue weighted by Gasteiger charge is 2.36. The zero-order valence-electron chi connectivity index (χ0n) is 26.4. The topological polar surface area (TPSA) is 132 Å². The third kappa shape index (κ3) is 8.98. The van der Waals surface area contributed by atoms with Crippen LogP contribution in [0, 0.1) is 0 Å². The van der Waals surface area contributed by atoms with E-state index in [-0.39, 0.29) is 26.8 Å². The highest BCUT2D eigenvalue weighted by Crippen LogP contribution is 2.38. The second-order valence-electron chi connectivity index (χ2n) is 10.4. The molecule has 0 saturated carbocycles. The van der Waals surface area contributed by atoms with Crippen LogP contribution in [0.2, 0.25) is 0 Å². The molecular formula is C33H47N9O2. The number of anilines is 4. The van der Waals surface area contributed by atoms with Crippen LogP contribution in [0.25, 0.3) is 0 Å². The van der Waals surface area contributed by atoms with Gasteiger partial charge in [0.15, 0.2) is 5.82 Å². The average molecular weight is 602 g/mol. The molecule has 0 fully saturated rings. The van der Waals surface area contributed by atoms with Crippen molar-refractivity contribution in [2.24, 2.45) is 10.7 Å². The standard InChI is InChI=1S/C30H35N9O2.C3H8.2H2/c1-21(22-10-6-5-7-11-22)38-20-23-18-33-29(35-25(17-31)19-32-2)36-28(23)39(30(38)41)26-13-8-12-24(16-26)34-27(40)14-9-15-37(3)4;1-3-2;;/h5-14,16-19,21H,15,20,31H2,1-4H3,(H,34,40)(H,33,35,36);3H2,1-2H3;2*1H/b14-9+,25-17+,32-19?;;;/t21-;;;/m0.../s1. The predicted molar refractivity (Wildman–Crippen MR) is 183 cm³/mol. The van der Waals surface area contributed by atoms with Crippen LogP contribution < -0.4 is 21.3 Å². The van der Waals surface area contributed by atoms with Gasteiger partial charge in [-0.2, -0.15) is 4.98 Å². The van der Waals surface area contributed by atoms with Crippen LogP contribution in [0.3, 0.4) is 0 Å². The van der Waals surface area contributed by atoms with Crippen molar-refractivity contribution in [2.45, 2.75) is 39.8 Å². The number of urea groups is 1. The van der Waals surface area contributed by atoms with E-state index < -0.39 is 0 Å². The second kappa shape index (κ2) is 16.6. The summed E-state index contributed by atoms with van der Waals surface area (Å²) in [6.07, 6.45) is 9.14. The van der Waals surface area contributed by atoms with Crippen molar-refractivity contribution in [3.05, 3.63) is 96.0 Å². The van der Waals surface area contributed by atoms with Gasteiger partial charge in [0.1, 0.15) is 0 Å². The molecule has 236 valence electrons. The number of hydrogen-bond acceptors (Lipinski definition) is 8. The molecule has 2 aromatic carbocycles. The van der Waals surface area contributed by atoms with Crippen LogP contribution in [0.15, 0.2) is 89.8 Å². The maximum Gasteiger partial charge on any atom is 0.331 e. The van der Waals surface area contributed by atoms with Gasteiger partial charge in [-0.3, -0.25) is 9.79 Å². The molecular weight excluding hydrogens is 554 g/mol. The summed E-state index contributed by atoms with van der Waals surface area (Å²) in [6, 6.07) is 16.5. The summed E-state index contributed by atoms with van der Waals surface area (Å²) in [6.45, 7) is 7.21. The number of rotatable bonds is 10. The third-order valence-electron chi connectivity index (χ3n) is 6.40. The van der Waals surface area contributed by atoms with E-state index in [1.54, 1.807) is 59.6 Å². The molecule has 0 unspecified atom stereocenters. The Labute approximate surface area is 263 Å². The second-order valence-corrected chi connectivity index (χ2v) is 10.4. The number of carbonyl (C=O) groups excluding carboxylic acids is 2. The Morgan fingerprint density at radius 2 is 1.89 bits per heavy atom. The maximum atomic E-state index is 14.1.